The molecule has 0 aromatic carbocycles. The van der Waals surface area contributed by atoms with E-state index in [0.29, 0.717) is 18.9 Å². The third kappa shape index (κ3) is 4.84. The van der Waals surface area contributed by atoms with Gasteiger partial charge in [-0.05, 0) is 33.1 Å². The maximum atomic E-state index is 11.1. The van der Waals surface area contributed by atoms with Gasteiger partial charge in [0.05, 0.1) is 5.75 Å². The van der Waals surface area contributed by atoms with E-state index in [1.165, 1.54) is 6.26 Å². The summed E-state index contributed by atoms with van der Waals surface area (Å²) < 4.78 is 22.3. The molecule has 1 aromatic heterocycles. The second kappa shape index (κ2) is 6.60. The van der Waals surface area contributed by atoms with E-state index >= 15 is 0 Å². The molecule has 0 saturated heterocycles. The maximum absolute atomic E-state index is 11.1. The molecule has 118 valence electrons. The van der Waals surface area contributed by atoms with Crippen LogP contribution in [0.1, 0.15) is 43.5 Å². The smallest absolute Gasteiger partial charge is 0.147 e. The second-order valence-electron chi connectivity index (χ2n) is 5.62. The van der Waals surface area contributed by atoms with Crippen LogP contribution in [0, 0.1) is 6.92 Å². The summed E-state index contributed by atoms with van der Waals surface area (Å²) in [6.45, 7) is 5.43. The van der Waals surface area contributed by atoms with Crippen LogP contribution in [0.2, 0.25) is 0 Å². The fourth-order valence-corrected chi connectivity index (χ4v) is 2.78. The van der Waals surface area contributed by atoms with Gasteiger partial charge in [-0.3, -0.25) is 0 Å². The van der Waals surface area contributed by atoms with Crippen LogP contribution >= 0.6 is 0 Å². The van der Waals surface area contributed by atoms with Gasteiger partial charge >= 0.3 is 0 Å². The lowest BCUT2D eigenvalue weighted by Gasteiger charge is -2.14. The molecule has 0 bridgehead atoms. The molecule has 7 heteroatoms. The molecular weight excluding hydrogens is 288 g/mol. The Bertz CT molecular complexity index is 597. The van der Waals surface area contributed by atoms with Gasteiger partial charge in [-0.15, -0.1) is 0 Å². The van der Waals surface area contributed by atoms with Gasteiger partial charge in [0.1, 0.15) is 27.3 Å². The summed E-state index contributed by atoms with van der Waals surface area (Å²) in [5.41, 5.74) is 0.987. The SMILES string of the molecule is CCNc1nc(C2CC2)nc(NCCCS(C)(=O)=O)c1C. The first-order chi connectivity index (χ1) is 9.90. The molecule has 1 heterocycles. The highest BCUT2D eigenvalue weighted by atomic mass is 32.2. The van der Waals surface area contributed by atoms with Gasteiger partial charge in [0.2, 0.25) is 0 Å². The molecule has 0 radical (unpaired) electrons. The molecule has 1 fully saturated rings. The molecule has 0 atom stereocenters. The average molecular weight is 312 g/mol. The van der Waals surface area contributed by atoms with Crippen molar-refractivity contribution in [3.63, 3.8) is 0 Å². The molecule has 6 nitrogen and oxygen atoms in total. The summed E-state index contributed by atoms with van der Waals surface area (Å²) >= 11 is 0. The molecule has 1 aliphatic rings. The van der Waals surface area contributed by atoms with Crippen molar-refractivity contribution in [2.45, 2.75) is 39.0 Å². The topological polar surface area (TPSA) is 84.0 Å². The Hall–Kier alpha value is -1.37. The first-order valence-electron chi connectivity index (χ1n) is 7.44. The van der Waals surface area contributed by atoms with Crippen LogP contribution < -0.4 is 10.6 Å². The van der Waals surface area contributed by atoms with E-state index in [2.05, 4.69) is 20.6 Å². The molecule has 0 unspecified atom stereocenters. The first-order valence-corrected chi connectivity index (χ1v) is 9.50. The monoisotopic (exact) mass is 312 g/mol. The van der Waals surface area contributed by atoms with Crippen molar-refractivity contribution >= 4 is 21.5 Å². The van der Waals surface area contributed by atoms with Gasteiger partial charge in [-0.1, -0.05) is 0 Å². The Morgan fingerprint density at radius 1 is 1.19 bits per heavy atom. The number of sulfone groups is 1. The van der Waals surface area contributed by atoms with Crippen molar-refractivity contribution in [3.8, 4) is 0 Å². The molecule has 0 spiro atoms. The van der Waals surface area contributed by atoms with Gasteiger partial charge in [-0.2, -0.15) is 0 Å². The molecular formula is C14H24N4O2S. The molecule has 2 rings (SSSR count). The lowest BCUT2D eigenvalue weighted by Crippen LogP contribution is -2.14. The summed E-state index contributed by atoms with van der Waals surface area (Å²) in [6.07, 6.45) is 4.15. The molecule has 0 amide bonds. The van der Waals surface area contributed by atoms with Gasteiger partial charge in [0.25, 0.3) is 0 Å². The number of hydrogen-bond acceptors (Lipinski definition) is 6. The van der Waals surface area contributed by atoms with Gasteiger partial charge in [0, 0.05) is 30.8 Å². The maximum Gasteiger partial charge on any atom is 0.147 e. The van der Waals surface area contributed by atoms with Crippen LogP contribution in [0.4, 0.5) is 11.6 Å². The molecule has 21 heavy (non-hydrogen) atoms. The number of rotatable bonds is 8. The molecule has 1 saturated carbocycles. The summed E-state index contributed by atoms with van der Waals surface area (Å²) in [5, 5.41) is 6.52. The number of aromatic nitrogens is 2. The van der Waals surface area contributed by atoms with E-state index < -0.39 is 9.84 Å². The zero-order chi connectivity index (χ0) is 15.5. The van der Waals surface area contributed by atoms with Gasteiger partial charge in [-0.25, -0.2) is 18.4 Å². The standard InChI is InChI=1S/C14H24N4O2S/c1-4-15-12-10(2)13(16-8-5-9-21(3,19)20)18-14(17-12)11-6-7-11/h11H,4-9H2,1-3H3,(H2,15,16,17,18). The van der Waals surface area contributed by atoms with E-state index in [1.807, 2.05) is 13.8 Å². The molecule has 1 aromatic rings. The van der Waals surface area contributed by atoms with Crippen LogP contribution in [0.5, 0.6) is 0 Å². The molecule has 1 aliphatic carbocycles. The Balaban J connectivity index is 2.06. The second-order valence-corrected chi connectivity index (χ2v) is 7.88. The Morgan fingerprint density at radius 3 is 2.33 bits per heavy atom. The van der Waals surface area contributed by atoms with Crippen LogP contribution in [0.3, 0.4) is 0 Å². The predicted octanol–water partition coefficient (Wildman–Crippen LogP) is 1.94. The van der Waals surface area contributed by atoms with Crippen molar-refractivity contribution in [2.24, 2.45) is 0 Å². The quantitative estimate of drug-likeness (QED) is 0.714. The highest BCUT2D eigenvalue weighted by molar-refractivity contribution is 7.90. The van der Waals surface area contributed by atoms with E-state index in [9.17, 15) is 8.42 Å². The van der Waals surface area contributed by atoms with Crippen molar-refractivity contribution in [1.82, 2.24) is 9.97 Å². The fourth-order valence-electron chi connectivity index (χ4n) is 2.11. The highest BCUT2D eigenvalue weighted by Gasteiger charge is 2.28. The van der Waals surface area contributed by atoms with Gasteiger partial charge in [0.15, 0.2) is 0 Å². The average Bonchev–Trinajstić information content (AvgIpc) is 3.22. The number of nitrogens with one attached hydrogen (secondary N) is 2. The normalized spacial score (nSPS) is 15.0. The van der Waals surface area contributed by atoms with Crippen LogP contribution in [-0.2, 0) is 9.84 Å². The largest absolute Gasteiger partial charge is 0.370 e. The predicted molar refractivity (Wildman–Crippen MR) is 85.7 cm³/mol. The van der Waals surface area contributed by atoms with Crippen LogP contribution in [0.25, 0.3) is 0 Å². The fraction of sp³-hybridized carbons (Fsp3) is 0.714. The van der Waals surface area contributed by atoms with Crippen molar-refractivity contribution in [3.05, 3.63) is 11.4 Å². The Morgan fingerprint density at radius 2 is 1.81 bits per heavy atom. The highest BCUT2D eigenvalue weighted by Crippen LogP contribution is 2.39. The molecule has 0 aliphatic heterocycles. The summed E-state index contributed by atoms with van der Waals surface area (Å²) in [7, 11) is -2.90. The lowest BCUT2D eigenvalue weighted by molar-refractivity contribution is 0.600. The molecule has 2 N–H and O–H groups in total. The minimum absolute atomic E-state index is 0.194. The van der Waals surface area contributed by atoms with Crippen molar-refractivity contribution < 1.29 is 8.42 Å². The zero-order valence-electron chi connectivity index (χ0n) is 12.9. The number of hydrogen-bond donors (Lipinski definition) is 2. The van der Waals surface area contributed by atoms with E-state index in [4.69, 9.17) is 0 Å². The van der Waals surface area contributed by atoms with Gasteiger partial charge < -0.3 is 10.6 Å². The number of nitrogens with zero attached hydrogens (tertiary/aromatic N) is 2. The summed E-state index contributed by atoms with van der Waals surface area (Å²) in [5.74, 6) is 3.26. The Kier molecular flexibility index (Phi) is 5.03. The minimum atomic E-state index is -2.90. The number of anilines is 2. The van der Waals surface area contributed by atoms with Crippen LogP contribution in [0.15, 0.2) is 0 Å². The minimum Gasteiger partial charge on any atom is -0.370 e. The van der Waals surface area contributed by atoms with Crippen LogP contribution in [-0.4, -0.2) is 43.5 Å². The summed E-state index contributed by atoms with van der Waals surface area (Å²) in [4.78, 5) is 9.19. The van der Waals surface area contributed by atoms with Crippen molar-refractivity contribution in [1.29, 1.82) is 0 Å². The lowest BCUT2D eigenvalue weighted by atomic mass is 10.2. The third-order valence-corrected chi connectivity index (χ3v) is 4.46. The van der Waals surface area contributed by atoms with E-state index in [0.717, 1.165) is 42.4 Å². The van der Waals surface area contributed by atoms with E-state index in [1.54, 1.807) is 0 Å². The van der Waals surface area contributed by atoms with E-state index in [-0.39, 0.29) is 5.75 Å². The van der Waals surface area contributed by atoms with Crippen molar-refractivity contribution in [2.75, 3.05) is 35.7 Å². The Labute approximate surface area is 126 Å². The first kappa shape index (κ1) is 16.0. The third-order valence-electron chi connectivity index (χ3n) is 3.43. The summed E-state index contributed by atoms with van der Waals surface area (Å²) in [6, 6.07) is 0. The zero-order valence-corrected chi connectivity index (χ0v) is 13.8.